The summed E-state index contributed by atoms with van der Waals surface area (Å²) in [5, 5.41) is 7.29. The van der Waals surface area contributed by atoms with Gasteiger partial charge in [0.25, 0.3) is 11.8 Å². The Kier molecular flexibility index (Phi) is 7.65. The maximum atomic E-state index is 13.6. The zero-order chi connectivity index (χ0) is 24.0. The Morgan fingerprint density at radius 1 is 1.12 bits per heavy atom. The molecule has 2 heterocycles. The average molecular weight is 472 g/mol. The largest absolute Gasteiger partial charge is 0.467 e. The first-order chi connectivity index (χ1) is 15.7. The van der Waals surface area contributed by atoms with Crippen LogP contribution >= 0.6 is 11.3 Å². The molecule has 9 heteroatoms. The quantitative estimate of drug-likeness (QED) is 0.487. The highest BCUT2D eigenvalue weighted by atomic mass is 32.1. The molecule has 3 amide bonds. The van der Waals surface area contributed by atoms with Crippen molar-refractivity contribution < 1.29 is 23.2 Å². The van der Waals surface area contributed by atoms with Gasteiger partial charge in [-0.1, -0.05) is 13.0 Å². The Hall–Kier alpha value is -3.46. The van der Waals surface area contributed by atoms with Crippen LogP contribution in [-0.2, 0) is 9.59 Å². The Bertz CT molecular complexity index is 1080. The number of carbonyl (C=O) groups is 3. The summed E-state index contributed by atoms with van der Waals surface area (Å²) in [5.74, 6) is -1.66. The van der Waals surface area contributed by atoms with Crippen LogP contribution in [0.4, 0.5) is 10.1 Å². The molecular weight excluding hydrogens is 445 g/mol. The fourth-order valence-electron chi connectivity index (χ4n) is 3.09. The topological polar surface area (TPSA) is 91.7 Å². The number of hydrogen-bond donors (Lipinski definition) is 2. The summed E-state index contributed by atoms with van der Waals surface area (Å²) < 4.78 is 19.1. The second-order valence-corrected chi connectivity index (χ2v) is 8.99. The van der Waals surface area contributed by atoms with E-state index >= 15 is 0 Å². The van der Waals surface area contributed by atoms with Crippen molar-refractivity contribution in [3.8, 4) is 0 Å². The van der Waals surface area contributed by atoms with E-state index in [9.17, 15) is 18.8 Å². The zero-order valence-corrected chi connectivity index (χ0v) is 19.4. The van der Waals surface area contributed by atoms with E-state index in [1.54, 1.807) is 29.6 Å². The number of carbonyl (C=O) groups excluding carboxylic acids is 3. The van der Waals surface area contributed by atoms with E-state index in [0.717, 1.165) is 0 Å². The molecule has 3 aromatic rings. The van der Waals surface area contributed by atoms with Crippen LogP contribution in [0.2, 0.25) is 0 Å². The van der Waals surface area contributed by atoms with E-state index in [0.29, 0.717) is 11.3 Å². The van der Waals surface area contributed by atoms with Gasteiger partial charge in [0.2, 0.25) is 5.91 Å². The molecule has 0 aliphatic heterocycles. The smallest absolute Gasteiger partial charge is 0.261 e. The number of furan rings is 1. The van der Waals surface area contributed by atoms with Crippen molar-refractivity contribution in [3.05, 3.63) is 76.6 Å². The lowest BCUT2D eigenvalue weighted by molar-refractivity contribution is -0.128. The van der Waals surface area contributed by atoms with E-state index in [1.807, 2.05) is 20.8 Å². The lowest BCUT2D eigenvalue weighted by atomic mass is 10.0. The van der Waals surface area contributed by atoms with Crippen LogP contribution in [0.15, 0.2) is 64.6 Å². The molecule has 1 aromatic carbocycles. The summed E-state index contributed by atoms with van der Waals surface area (Å²) >= 11 is 1.25. The molecule has 0 radical (unpaired) electrons. The van der Waals surface area contributed by atoms with Crippen molar-refractivity contribution in [2.75, 3.05) is 11.4 Å². The molecule has 0 unspecified atom stereocenters. The summed E-state index contributed by atoms with van der Waals surface area (Å²) in [6.07, 6.45) is 2.07. The summed E-state index contributed by atoms with van der Waals surface area (Å²) in [4.78, 5) is 40.8. The predicted octanol–water partition coefficient (Wildman–Crippen LogP) is 4.29. The van der Waals surface area contributed by atoms with Gasteiger partial charge in [0.15, 0.2) is 6.04 Å². The van der Waals surface area contributed by atoms with Crippen LogP contribution in [-0.4, -0.2) is 29.8 Å². The standard InChI is InChI=1S/C24H26FN3O4S/c1-4-24(2,3)27-23(31)21(18-7-5-13-32-18)28(17-11-9-16(25)10-12-17)20(29)15-26-22(30)19-8-6-14-33-19/h5-14,21H,4,15H2,1-3H3,(H,26,30)(H,27,31)/t21-/m1/s1. The first kappa shape index (κ1) is 24.2. The number of amides is 3. The Morgan fingerprint density at radius 2 is 1.85 bits per heavy atom. The molecular formula is C24H26FN3O4S. The molecule has 0 spiro atoms. The molecule has 1 atom stereocenters. The monoisotopic (exact) mass is 471 g/mol. The van der Waals surface area contributed by atoms with E-state index < -0.39 is 35.1 Å². The maximum absolute atomic E-state index is 13.6. The van der Waals surface area contributed by atoms with Gasteiger partial charge in [-0.3, -0.25) is 19.3 Å². The molecule has 174 valence electrons. The number of anilines is 1. The second kappa shape index (κ2) is 10.4. The average Bonchev–Trinajstić information content (AvgIpc) is 3.50. The summed E-state index contributed by atoms with van der Waals surface area (Å²) in [5.41, 5.74) is -0.245. The molecule has 0 fully saturated rings. The van der Waals surface area contributed by atoms with Crippen LogP contribution in [0.5, 0.6) is 0 Å². The molecule has 2 N–H and O–H groups in total. The van der Waals surface area contributed by atoms with Crippen molar-refractivity contribution in [3.63, 3.8) is 0 Å². The molecule has 0 bridgehead atoms. The molecule has 7 nitrogen and oxygen atoms in total. The van der Waals surface area contributed by atoms with Gasteiger partial charge in [-0.05, 0) is 68.1 Å². The van der Waals surface area contributed by atoms with Gasteiger partial charge in [0, 0.05) is 11.2 Å². The first-order valence-corrected chi connectivity index (χ1v) is 11.3. The fraction of sp³-hybridized carbons (Fsp3) is 0.292. The molecule has 0 aliphatic rings. The number of halogens is 1. The van der Waals surface area contributed by atoms with Crippen LogP contribution in [0.25, 0.3) is 0 Å². The molecule has 2 aromatic heterocycles. The third kappa shape index (κ3) is 6.07. The van der Waals surface area contributed by atoms with Gasteiger partial charge in [0.1, 0.15) is 11.6 Å². The van der Waals surface area contributed by atoms with E-state index in [4.69, 9.17) is 4.42 Å². The van der Waals surface area contributed by atoms with Gasteiger partial charge in [-0.25, -0.2) is 4.39 Å². The molecule has 0 saturated carbocycles. The van der Waals surface area contributed by atoms with Crippen LogP contribution in [0, 0.1) is 5.82 Å². The summed E-state index contributed by atoms with van der Waals surface area (Å²) in [6.45, 7) is 5.31. The molecule has 33 heavy (non-hydrogen) atoms. The second-order valence-electron chi connectivity index (χ2n) is 8.04. The van der Waals surface area contributed by atoms with Gasteiger partial charge in [0.05, 0.1) is 17.7 Å². The van der Waals surface area contributed by atoms with Crippen LogP contribution < -0.4 is 15.5 Å². The third-order valence-corrected chi connectivity index (χ3v) is 6.05. The number of nitrogens with one attached hydrogen (secondary N) is 2. The SMILES string of the molecule is CCC(C)(C)NC(=O)[C@@H](c1ccco1)N(C(=O)CNC(=O)c1cccs1)c1ccc(F)cc1. The number of benzene rings is 1. The van der Waals surface area contributed by atoms with Gasteiger partial charge >= 0.3 is 0 Å². The fourth-order valence-corrected chi connectivity index (χ4v) is 3.73. The number of nitrogens with zero attached hydrogens (tertiary/aromatic N) is 1. The minimum atomic E-state index is -1.16. The Balaban J connectivity index is 1.96. The zero-order valence-electron chi connectivity index (χ0n) is 18.6. The normalized spacial score (nSPS) is 12.1. The van der Waals surface area contributed by atoms with E-state index in [1.165, 1.54) is 46.8 Å². The highest BCUT2D eigenvalue weighted by Gasteiger charge is 2.36. The highest BCUT2D eigenvalue weighted by molar-refractivity contribution is 7.12. The van der Waals surface area contributed by atoms with Crippen molar-refractivity contribution in [1.29, 1.82) is 0 Å². The highest BCUT2D eigenvalue weighted by Crippen LogP contribution is 2.29. The Morgan fingerprint density at radius 3 is 2.42 bits per heavy atom. The van der Waals surface area contributed by atoms with E-state index in [2.05, 4.69) is 10.6 Å². The molecule has 3 rings (SSSR count). The van der Waals surface area contributed by atoms with Gasteiger partial charge in [-0.2, -0.15) is 0 Å². The third-order valence-electron chi connectivity index (χ3n) is 5.18. The lowest BCUT2D eigenvalue weighted by Crippen LogP contribution is -2.52. The van der Waals surface area contributed by atoms with Crippen molar-refractivity contribution in [2.24, 2.45) is 0 Å². The van der Waals surface area contributed by atoms with Gasteiger partial charge < -0.3 is 15.1 Å². The van der Waals surface area contributed by atoms with Gasteiger partial charge in [-0.15, -0.1) is 11.3 Å². The number of hydrogen-bond acceptors (Lipinski definition) is 5. The predicted molar refractivity (Wildman–Crippen MR) is 124 cm³/mol. The van der Waals surface area contributed by atoms with Crippen molar-refractivity contribution in [1.82, 2.24) is 10.6 Å². The van der Waals surface area contributed by atoms with Crippen LogP contribution in [0.3, 0.4) is 0 Å². The first-order valence-electron chi connectivity index (χ1n) is 10.5. The minimum absolute atomic E-state index is 0.238. The number of thiophene rings is 1. The van der Waals surface area contributed by atoms with Crippen LogP contribution in [0.1, 0.15) is 48.7 Å². The van der Waals surface area contributed by atoms with E-state index in [-0.39, 0.29) is 18.0 Å². The maximum Gasteiger partial charge on any atom is 0.261 e. The summed E-state index contributed by atoms with van der Waals surface area (Å²) in [7, 11) is 0. The van der Waals surface area contributed by atoms with Crippen molar-refractivity contribution in [2.45, 2.75) is 38.8 Å². The minimum Gasteiger partial charge on any atom is -0.467 e. The summed E-state index contributed by atoms with van der Waals surface area (Å²) in [6, 6.07) is 10.6. The lowest BCUT2D eigenvalue weighted by Gasteiger charge is -2.33. The van der Waals surface area contributed by atoms with Crippen molar-refractivity contribution >= 4 is 34.7 Å². The number of rotatable bonds is 9. The molecule has 0 saturated heterocycles. The molecule has 0 aliphatic carbocycles. The Labute approximate surface area is 195 Å².